The van der Waals surface area contributed by atoms with E-state index in [1.165, 1.54) is 12.8 Å². The molecule has 23 heavy (non-hydrogen) atoms. The lowest BCUT2D eigenvalue weighted by atomic mass is 10.0. The summed E-state index contributed by atoms with van der Waals surface area (Å²) in [6.45, 7) is 10.9. The molecule has 0 aromatic carbocycles. The van der Waals surface area contributed by atoms with Gasteiger partial charge in [0.2, 0.25) is 0 Å². The Bertz CT molecular complexity index is 373. The van der Waals surface area contributed by atoms with Gasteiger partial charge in [-0.1, -0.05) is 0 Å². The van der Waals surface area contributed by atoms with Gasteiger partial charge in [0.25, 0.3) is 0 Å². The summed E-state index contributed by atoms with van der Waals surface area (Å²) in [4.78, 5) is 19.0. The van der Waals surface area contributed by atoms with Crippen LogP contribution in [0.1, 0.15) is 32.6 Å². The number of likely N-dealkylation sites (tertiary alicyclic amines) is 2. The van der Waals surface area contributed by atoms with Crippen molar-refractivity contribution in [2.45, 2.75) is 44.7 Å². The first-order valence-corrected chi connectivity index (χ1v) is 9.32. The molecule has 1 unspecified atom stereocenters. The van der Waals surface area contributed by atoms with Crippen molar-refractivity contribution in [3.63, 3.8) is 0 Å². The second-order valence-electron chi connectivity index (χ2n) is 7.22. The number of urea groups is 1. The van der Waals surface area contributed by atoms with Crippen LogP contribution in [-0.2, 0) is 4.74 Å². The minimum absolute atomic E-state index is 0.266. The smallest absolute Gasteiger partial charge is 0.319 e. The largest absolute Gasteiger partial charge is 0.379 e. The molecule has 0 aliphatic carbocycles. The molecule has 0 radical (unpaired) electrons. The molecule has 6 heteroatoms. The molecule has 6 nitrogen and oxygen atoms in total. The lowest BCUT2D eigenvalue weighted by molar-refractivity contribution is 0.0333. The van der Waals surface area contributed by atoms with E-state index in [2.05, 4.69) is 22.0 Å². The van der Waals surface area contributed by atoms with Crippen LogP contribution in [0, 0.1) is 0 Å². The summed E-state index contributed by atoms with van der Waals surface area (Å²) in [5, 5.41) is 3.76. The summed E-state index contributed by atoms with van der Waals surface area (Å²) in [6, 6.07) is 1.31. The number of nitrogens with one attached hydrogen (secondary N) is 1. The molecule has 3 aliphatic heterocycles. The molecule has 3 saturated heterocycles. The van der Waals surface area contributed by atoms with Crippen molar-refractivity contribution in [3.05, 3.63) is 0 Å². The topological polar surface area (TPSA) is 48.1 Å². The molecule has 132 valence electrons. The highest BCUT2D eigenvalue weighted by Gasteiger charge is 2.28. The maximum absolute atomic E-state index is 12.4. The monoisotopic (exact) mass is 324 g/mol. The van der Waals surface area contributed by atoms with E-state index in [0.29, 0.717) is 12.1 Å². The summed E-state index contributed by atoms with van der Waals surface area (Å²) < 4.78 is 5.40. The van der Waals surface area contributed by atoms with Crippen molar-refractivity contribution in [3.8, 4) is 0 Å². The van der Waals surface area contributed by atoms with Gasteiger partial charge in [0.15, 0.2) is 0 Å². The minimum Gasteiger partial charge on any atom is -0.379 e. The van der Waals surface area contributed by atoms with E-state index < -0.39 is 0 Å². The molecule has 0 spiro atoms. The summed E-state index contributed by atoms with van der Waals surface area (Å²) >= 11 is 0. The van der Waals surface area contributed by atoms with Gasteiger partial charge in [0, 0.05) is 57.9 Å². The van der Waals surface area contributed by atoms with E-state index >= 15 is 0 Å². The van der Waals surface area contributed by atoms with E-state index in [1.807, 2.05) is 4.90 Å². The molecule has 0 saturated carbocycles. The Labute approximate surface area is 140 Å². The quantitative estimate of drug-likeness (QED) is 0.837. The van der Waals surface area contributed by atoms with Crippen molar-refractivity contribution >= 4 is 6.03 Å². The van der Waals surface area contributed by atoms with Gasteiger partial charge in [0.05, 0.1) is 13.2 Å². The fourth-order valence-electron chi connectivity index (χ4n) is 3.97. The minimum atomic E-state index is 0.266. The SMILES string of the molecule is CC(CN1CCOCC1)NC1CCN(C(=O)N2CCCC2)CC1. The Balaban J connectivity index is 1.35. The Morgan fingerprint density at radius 2 is 1.65 bits per heavy atom. The number of hydrogen-bond acceptors (Lipinski definition) is 4. The van der Waals surface area contributed by atoms with Crippen molar-refractivity contribution < 1.29 is 9.53 Å². The Morgan fingerprint density at radius 1 is 1.04 bits per heavy atom. The van der Waals surface area contributed by atoms with Crippen LogP contribution in [0.3, 0.4) is 0 Å². The van der Waals surface area contributed by atoms with Crippen LogP contribution in [0.4, 0.5) is 4.79 Å². The van der Waals surface area contributed by atoms with Crippen molar-refractivity contribution in [1.82, 2.24) is 20.0 Å². The highest BCUT2D eigenvalue weighted by molar-refractivity contribution is 5.74. The molecule has 1 atom stereocenters. The number of piperidine rings is 1. The number of hydrogen-bond donors (Lipinski definition) is 1. The zero-order valence-corrected chi connectivity index (χ0v) is 14.5. The first kappa shape index (κ1) is 17.0. The summed E-state index contributed by atoms with van der Waals surface area (Å²) in [7, 11) is 0. The number of nitrogens with zero attached hydrogens (tertiary/aromatic N) is 3. The number of amides is 2. The van der Waals surface area contributed by atoms with Gasteiger partial charge in [-0.15, -0.1) is 0 Å². The first-order chi connectivity index (χ1) is 11.2. The third-order valence-electron chi connectivity index (χ3n) is 5.30. The molecule has 0 aromatic heterocycles. The third-order valence-corrected chi connectivity index (χ3v) is 5.30. The van der Waals surface area contributed by atoms with Crippen LogP contribution in [0.25, 0.3) is 0 Å². The van der Waals surface area contributed by atoms with Crippen LogP contribution in [0.2, 0.25) is 0 Å². The highest BCUT2D eigenvalue weighted by Crippen LogP contribution is 2.16. The number of ether oxygens (including phenoxy) is 1. The molecule has 3 aliphatic rings. The average molecular weight is 324 g/mol. The number of morpholine rings is 1. The molecule has 3 fully saturated rings. The van der Waals surface area contributed by atoms with Crippen LogP contribution in [0.15, 0.2) is 0 Å². The average Bonchev–Trinajstić information content (AvgIpc) is 3.10. The summed E-state index contributed by atoms with van der Waals surface area (Å²) in [5.74, 6) is 0. The standard InChI is InChI=1S/C17H32N4O2/c1-15(14-19-10-12-23-13-11-19)18-16-4-8-21(9-5-16)17(22)20-6-2-3-7-20/h15-16,18H,2-14H2,1H3. The zero-order valence-electron chi connectivity index (χ0n) is 14.5. The molecule has 1 N–H and O–H groups in total. The number of carbonyl (C=O) groups excluding carboxylic acids is 1. The van der Waals surface area contributed by atoms with E-state index in [9.17, 15) is 4.79 Å². The van der Waals surface area contributed by atoms with E-state index in [-0.39, 0.29) is 6.03 Å². The molecular formula is C17H32N4O2. The maximum Gasteiger partial charge on any atom is 0.319 e. The molecule has 0 bridgehead atoms. The first-order valence-electron chi connectivity index (χ1n) is 9.32. The maximum atomic E-state index is 12.4. The van der Waals surface area contributed by atoms with Gasteiger partial charge < -0.3 is 19.9 Å². The third kappa shape index (κ3) is 4.81. The second-order valence-corrected chi connectivity index (χ2v) is 7.22. The van der Waals surface area contributed by atoms with Crippen molar-refractivity contribution in [2.24, 2.45) is 0 Å². The Morgan fingerprint density at radius 3 is 2.30 bits per heavy atom. The van der Waals surface area contributed by atoms with Crippen LogP contribution in [0.5, 0.6) is 0 Å². The molecule has 2 amide bonds. The van der Waals surface area contributed by atoms with Gasteiger partial charge in [-0.3, -0.25) is 4.90 Å². The fraction of sp³-hybridized carbons (Fsp3) is 0.941. The van der Waals surface area contributed by atoms with Crippen LogP contribution in [-0.4, -0.2) is 91.8 Å². The summed E-state index contributed by atoms with van der Waals surface area (Å²) in [5.41, 5.74) is 0. The van der Waals surface area contributed by atoms with E-state index in [0.717, 1.165) is 71.9 Å². The molecule has 0 aromatic rings. The van der Waals surface area contributed by atoms with Gasteiger partial charge in [0.1, 0.15) is 0 Å². The second kappa shape index (κ2) is 8.31. The van der Waals surface area contributed by atoms with Gasteiger partial charge in [-0.2, -0.15) is 0 Å². The Hall–Kier alpha value is -0.850. The summed E-state index contributed by atoms with van der Waals surface area (Å²) in [6.07, 6.45) is 4.49. The lowest BCUT2D eigenvalue weighted by Gasteiger charge is -2.37. The van der Waals surface area contributed by atoms with Gasteiger partial charge in [-0.25, -0.2) is 4.79 Å². The predicted octanol–water partition coefficient (Wildman–Crippen LogP) is 0.977. The fourth-order valence-corrected chi connectivity index (χ4v) is 3.97. The normalized spacial score (nSPS) is 25.8. The highest BCUT2D eigenvalue weighted by atomic mass is 16.5. The zero-order chi connectivity index (χ0) is 16.1. The lowest BCUT2D eigenvalue weighted by Crippen LogP contribution is -2.52. The van der Waals surface area contributed by atoms with Crippen LogP contribution < -0.4 is 5.32 Å². The van der Waals surface area contributed by atoms with Crippen molar-refractivity contribution in [2.75, 3.05) is 59.0 Å². The van der Waals surface area contributed by atoms with E-state index in [1.54, 1.807) is 0 Å². The molecule has 3 heterocycles. The van der Waals surface area contributed by atoms with E-state index in [4.69, 9.17) is 4.74 Å². The van der Waals surface area contributed by atoms with Crippen molar-refractivity contribution in [1.29, 1.82) is 0 Å². The predicted molar refractivity (Wildman–Crippen MR) is 90.7 cm³/mol. The molecular weight excluding hydrogens is 292 g/mol. The Kier molecular flexibility index (Phi) is 6.14. The van der Waals surface area contributed by atoms with Gasteiger partial charge >= 0.3 is 6.03 Å². The van der Waals surface area contributed by atoms with Gasteiger partial charge in [-0.05, 0) is 32.6 Å². The number of carbonyl (C=O) groups is 1. The van der Waals surface area contributed by atoms with Crippen LogP contribution >= 0.6 is 0 Å². The number of rotatable bonds is 4. The molecule has 3 rings (SSSR count).